The molecule has 1 aromatic carbocycles. The third-order valence-electron chi connectivity index (χ3n) is 3.01. The predicted octanol–water partition coefficient (Wildman–Crippen LogP) is 0.697. The second-order valence-electron chi connectivity index (χ2n) is 4.92. The van der Waals surface area contributed by atoms with Gasteiger partial charge in [0.25, 0.3) is 0 Å². The highest BCUT2D eigenvalue weighted by atomic mass is 32.2. The van der Waals surface area contributed by atoms with E-state index in [2.05, 4.69) is 11.8 Å². The van der Waals surface area contributed by atoms with Crippen LogP contribution in [-0.4, -0.2) is 43.6 Å². The highest BCUT2D eigenvalue weighted by Gasteiger charge is 2.28. The second-order valence-corrected chi connectivity index (χ2v) is 6.78. The Hall–Kier alpha value is -1.39. The minimum absolute atomic E-state index is 0.0676. The SMILES string of the molecule is Cc1ccc(C#CCN)cc1S(=O)(=O)N(CCO)C(C)C. The van der Waals surface area contributed by atoms with Gasteiger partial charge in [0.05, 0.1) is 18.0 Å². The highest BCUT2D eigenvalue weighted by molar-refractivity contribution is 7.89. The minimum Gasteiger partial charge on any atom is -0.395 e. The molecule has 0 aliphatic rings. The number of nitrogens with zero attached hydrogens (tertiary/aromatic N) is 1. The van der Waals surface area contributed by atoms with Crippen molar-refractivity contribution in [2.24, 2.45) is 5.73 Å². The van der Waals surface area contributed by atoms with Gasteiger partial charge in [-0.05, 0) is 38.5 Å². The number of sulfonamides is 1. The van der Waals surface area contributed by atoms with Gasteiger partial charge in [0, 0.05) is 18.2 Å². The van der Waals surface area contributed by atoms with E-state index in [9.17, 15) is 8.42 Å². The summed E-state index contributed by atoms with van der Waals surface area (Å²) in [4.78, 5) is 0.216. The van der Waals surface area contributed by atoms with E-state index in [4.69, 9.17) is 10.8 Å². The molecule has 0 aliphatic heterocycles. The quantitative estimate of drug-likeness (QED) is 0.784. The molecule has 0 atom stereocenters. The number of aliphatic hydroxyl groups is 1. The Morgan fingerprint density at radius 1 is 1.38 bits per heavy atom. The fourth-order valence-corrected chi connectivity index (χ4v) is 3.87. The zero-order valence-electron chi connectivity index (χ0n) is 12.6. The van der Waals surface area contributed by atoms with Gasteiger partial charge in [-0.15, -0.1) is 0 Å². The van der Waals surface area contributed by atoms with Gasteiger partial charge in [0.2, 0.25) is 10.0 Å². The Balaban J connectivity index is 3.35. The number of aryl methyl sites for hydroxylation is 1. The van der Waals surface area contributed by atoms with E-state index in [1.165, 1.54) is 4.31 Å². The van der Waals surface area contributed by atoms with E-state index in [1.54, 1.807) is 39.0 Å². The molecular formula is C15H22N2O3S. The summed E-state index contributed by atoms with van der Waals surface area (Å²) in [5, 5.41) is 9.09. The molecule has 0 heterocycles. The Morgan fingerprint density at radius 3 is 2.57 bits per heavy atom. The fraction of sp³-hybridized carbons (Fsp3) is 0.467. The summed E-state index contributed by atoms with van der Waals surface area (Å²) in [7, 11) is -3.67. The Kier molecular flexibility index (Phi) is 6.37. The molecule has 6 heteroatoms. The summed E-state index contributed by atoms with van der Waals surface area (Å²) in [6, 6.07) is 4.81. The number of hydrogen-bond acceptors (Lipinski definition) is 4. The van der Waals surface area contributed by atoms with Crippen molar-refractivity contribution in [3.63, 3.8) is 0 Å². The van der Waals surface area contributed by atoms with E-state index in [0.29, 0.717) is 11.1 Å². The standard InChI is InChI=1S/C15H22N2O3S/c1-12(2)17(9-10-18)21(19,20)15-11-14(5-4-8-16)7-6-13(15)3/h6-7,11-12,18H,8-10,16H2,1-3H3. The number of hydrogen-bond donors (Lipinski definition) is 2. The lowest BCUT2D eigenvalue weighted by Gasteiger charge is -2.26. The Bertz CT molecular complexity index is 643. The fourth-order valence-electron chi connectivity index (χ4n) is 1.99. The minimum atomic E-state index is -3.67. The molecule has 0 spiro atoms. The molecule has 0 unspecified atom stereocenters. The zero-order valence-corrected chi connectivity index (χ0v) is 13.4. The molecule has 1 rings (SSSR count). The van der Waals surface area contributed by atoms with Gasteiger partial charge in [-0.3, -0.25) is 0 Å². The third-order valence-corrected chi connectivity index (χ3v) is 5.22. The van der Waals surface area contributed by atoms with Gasteiger partial charge in [0.15, 0.2) is 0 Å². The van der Waals surface area contributed by atoms with Crippen LogP contribution in [0, 0.1) is 18.8 Å². The maximum atomic E-state index is 12.8. The lowest BCUT2D eigenvalue weighted by molar-refractivity contribution is 0.236. The van der Waals surface area contributed by atoms with Crippen molar-refractivity contribution in [3.8, 4) is 11.8 Å². The smallest absolute Gasteiger partial charge is 0.243 e. The molecule has 116 valence electrons. The normalized spacial score (nSPS) is 11.6. The first-order valence-corrected chi connectivity index (χ1v) is 8.21. The van der Waals surface area contributed by atoms with Crippen LogP contribution in [0.5, 0.6) is 0 Å². The van der Waals surface area contributed by atoms with Crippen molar-refractivity contribution >= 4 is 10.0 Å². The van der Waals surface area contributed by atoms with Gasteiger partial charge >= 0.3 is 0 Å². The van der Waals surface area contributed by atoms with E-state index in [-0.39, 0.29) is 30.6 Å². The average molecular weight is 310 g/mol. The predicted molar refractivity (Wildman–Crippen MR) is 83.2 cm³/mol. The molecule has 0 saturated carbocycles. The van der Waals surface area contributed by atoms with Crippen LogP contribution >= 0.6 is 0 Å². The van der Waals surface area contributed by atoms with Crippen molar-refractivity contribution in [1.29, 1.82) is 0 Å². The molecule has 0 amide bonds. The number of benzene rings is 1. The molecule has 0 bridgehead atoms. The van der Waals surface area contributed by atoms with Gasteiger partial charge in [-0.25, -0.2) is 8.42 Å². The lowest BCUT2D eigenvalue weighted by atomic mass is 10.1. The van der Waals surface area contributed by atoms with Crippen LogP contribution in [0.4, 0.5) is 0 Å². The van der Waals surface area contributed by atoms with Crippen molar-refractivity contribution in [1.82, 2.24) is 4.31 Å². The average Bonchev–Trinajstić information content (AvgIpc) is 2.43. The summed E-state index contributed by atoms with van der Waals surface area (Å²) in [5.41, 5.74) is 6.59. The van der Waals surface area contributed by atoms with Crippen molar-refractivity contribution in [3.05, 3.63) is 29.3 Å². The molecule has 3 N–H and O–H groups in total. The van der Waals surface area contributed by atoms with Gasteiger partial charge in [0.1, 0.15) is 0 Å². The van der Waals surface area contributed by atoms with Crippen molar-refractivity contribution in [2.45, 2.75) is 31.7 Å². The van der Waals surface area contributed by atoms with E-state index >= 15 is 0 Å². The maximum Gasteiger partial charge on any atom is 0.243 e. The first kappa shape index (κ1) is 17.7. The summed E-state index contributed by atoms with van der Waals surface area (Å²) < 4.78 is 26.8. The molecule has 0 aliphatic carbocycles. The number of aliphatic hydroxyl groups excluding tert-OH is 1. The van der Waals surface area contributed by atoms with Crippen LogP contribution in [0.25, 0.3) is 0 Å². The van der Waals surface area contributed by atoms with Crippen molar-refractivity contribution < 1.29 is 13.5 Å². The molecular weight excluding hydrogens is 288 g/mol. The largest absolute Gasteiger partial charge is 0.395 e. The van der Waals surface area contributed by atoms with Crippen LogP contribution in [-0.2, 0) is 10.0 Å². The van der Waals surface area contributed by atoms with Crippen LogP contribution in [0.1, 0.15) is 25.0 Å². The van der Waals surface area contributed by atoms with Crippen LogP contribution < -0.4 is 5.73 Å². The van der Waals surface area contributed by atoms with E-state index in [1.807, 2.05) is 0 Å². The highest BCUT2D eigenvalue weighted by Crippen LogP contribution is 2.22. The van der Waals surface area contributed by atoms with Gasteiger partial charge < -0.3 is 10.8 Å². The summed E-state index contributed by atoms with van der Waals surface area (Å²) in [6.07, 6.45) is 0. The second kappa shape index (κ2) is 7.57. The maximum absolute atomic E-state index is 12.8. The molecule has 5 nitrogen and oxygen atoms in total. The van der Waals surface area contributed by atoms with Gasteiger partial charge in [-0.2, -0.15) is 4.31 Å². The summed E-state index contributed by atoms with van der Waals surface area (Å²) >= 11 is 0. The monoisotopic (exact) mass is 310 g/mol. The van der Waals surface area contributed by atoms with Crippen LogP contribution in [0.15, 0.2) is 23.1 Å². The summed E-state index contributed by atoms with van der Waals surface area (Å²) in [6.45, 7) is 5.37. The molecule has 1 aromatic rings. The third kappa shape index (κ3) is 4.29. The molecule has 0 saturated heterocycles. The topological polar surface area (TPSA) is 83.6 Å². The van der Waals surface area contributed by atoms with E-state index in [0.717, 1.165) is 0 Å². The van der Waals surface area contributed by atoms with Crippen molar-refractivity contribution in [2.75, 3.05) is 19.7 Å². The molecule has 0 aromatic heterocycles. The molecule has 21 heavy (non-hydrogen) atoms. The number of rotatable bonds is 5. The first-order valence-electron chi connectivity index (χ1n) is 6.77. The Labute approximate surface area is 126 Å². The van der Waals surface area contributed by atoms with E-state index < -0.39 is 10.0 Å². The Morgan fingerprint density at radius 2 is 2.05 bits per heavy atom. The van der Waals surface area contributed by atoms with Crippen LogP contribution in [0.2, 0.25) is 0 Å². The molecule has 0 fully saturated rings. The zero-order chi connectivity index (χ0) is 16.0. The van der Waals surface area contributed by atoms with Gasteiger partial charge in [-0.1, -0.05) is 17.9 Å². The lowest BCUT2D eigenvalue weighted by Crippen LogP contribution is -2.39. The summed E-state index contributed by atoms with van der Waals surface area (Å²) in [5.74, 6) is 5.55. The first-order chi connectivity index (χ1) is 9.84. The van der Waals surface area contributed by atoms with Crippen LogP contribution in [0.3, 0.4) is 0 Å². The molecule has 0 radical (unpaired) electrons. The number of nitrogens with two attached hydrogens (primary N) is 1.